The molecule has 0 saturated heterocycles. The molecule has 0 saturated carbocycles. The van der Waals surface area contributed by atoms with Crippen LogP contribution in [0.25, 0.3) is 0 Å². The van der Waals surface area contributed by atoms with Crippen LogP contribution in [0.5, 0.6) is 0 Å². The summed E-state index contributed by atoms with van der Waals surface area (Å²) in [5.41, 5.74) is 3.94. The Kier molecular flexibility index (Phi) is 2.22. The van der Waals surface area contributed by atoms with Crippen molar-refractivity contribution in [2.75, 3.05) is 0 Å². The van der Waals surface area contributed by atoms with Gasteiger partial charge < -0.3 is 0 Å². The molecular formula is C6H10N2S. The number of rotatable bonds is 2. The van der Waals surface area contributed by atoms with Crippen molar-refractivity contribution in [1.29, 1.82) is 0 Å². The van der Waals surface area contributed by atoms with E-state index in [-0.39, 0.29) is 0 Å². The molecule has 3 heteroatoms. The van der Waals surface area contributed by atoms with Crippen molar-refractivity contribution in [2.24, 2.45) is 5.84 Å². The molecule has 0 atom stereocenters. The molecule has 0 unspecified atom stereocenters. The summed E-state index contributed by atoms with van der Waals surface area (Å²) in [5, 5.41) is 2.07. The summed E-state index contributed by atoms with van der Waals surface area (Å²) in [6, 6.07) is 2.09. The van der Waals surface area contributed by atoms with Crippen molar-refractivity contribution >= 4 is 11.3 Å². The van der Waals surface area contributed by atoms with Gasteiger partial charge in [-0.25, -0.2) is 0 Å². The Balaban J connectivity index is 2.69. The highest BCUT2D eigenvalue weighted by atomic mass is 32.1. The van der Waals surface area contributed by atoms with Crippen LogP contribution in [0.2, 0.25) is 0 Å². The third-order valence-corrected chi connectivity index (χ3v) is 2.25. The van der Waals surface area contributed by atoms with Crippen LogP contribution in [0.15, 0.2) is 11.4 Å². The normalized spacial score (nSPS) is 10.0. The van der Waals surface area contributed by atoms with E-state index in [1.54, 1.807) is 11.3 Å². The summed E-state index contributed by atoms with van der Waals surface area (Å²) in [4.78, 5) is 1.32. The van der Waals surface area contributed by atoms with Crippen LogP contribution in [0, 0.1) is 6.92 Å². The number of hydrazine groups is 1. The van der Waals surface area contributed by atoms with Crippen LogP contribution in [0.3, 0.4) is 0 Å². The monoisotopic (exact) mass is 142 g/mol. The zero-order valence-corrected chi connectivity index (χ0v) is 6.16. The van der Waals surface area contributed by atoms with E-state index in [2.05, 4.69) is 23.8 Å². The Morgan fingerprint density at radius 2 is 2.56 bits per heavy atom. The lowest BCUT2D eigenvalue weighted by Gasteiger charge is -1.94. The predicted octanol–water partition coefficient (Wildman–Crippen LogP) is 1.02. The van der Waals surface area contributed by atoms with Gasteiger partial charge in [0, 0.05) is 11.4 Å². The molecule has 0 radical (unpaired) electrons. The molecule has 0 amide bonds. The zero-order valence-electron chi connectivity index (χ0n) is 5.35. The lowest BCUT2D eigenvalue weighted by Crippen LogP contribution is -2.20. The van der Waals surface area contributed by atoms with E-state index in [1.165, 1.54) is 10.4 Å². The quantitative estimate of drug-likeness (QED) is 0.478. The lowest BCUT2D eigenvalue weighted by atomic mass is 10.3. The highest BCUT2D eigenvalue weighted by molar-refractivity contribution is 7.10. The van der Waals surface area contributed by atoms with Crippen molar-refractivity contribution in [1.82, 2.24) is 5.43 Å². The van der Waals surface area contributed by atoms with Gasteiger partial charge in [-0.05, 0) is 23.9 Å². The molecule has 2 nitrogen and oxygen atoms in total. The van der Waals surface area contributed by atoms with Gasteiger partial charge in [0.15, 0.2) is 0 Å². The molecule has 1 aromatic heterocycles. The van der Waals surface area contributed by atoms with Crippen LogP contribution < -0.4 is 11.3 Å². The third-order valence-electron chi connectivity index (χ3n) is 1.23. The van der Waals surface area contributed by atoms with Gasteiger partial charge in [-0.3, -0.25) is 11.3 Å². The summed E-state index contributed by atoms with van der Waals surface area (Å²) < 4.78 is 0. The summed E-state index contributed by atoms with van der Waals surface area (Å²) in [7, 11) is 0. The SMILES string of the molecule is Cc1ccsc1CNN. The van der Waals surface area contributed by atoms with Crippen LogP contribution in [-0.2, 0) is 6.54 Å². The molecule has 0 bridgehead atoms. The smallest absolute Gasteiger partial charge is 0.0445 e. The van der Waals surface area contributed by atoms with Crippen LogP contribution in [-0.4, -0.2) is 0 Å². The van der Waals surface area contributed by atoms with E-state index in [1.807, 2.05) is 0 Å². The second-order valence-corrected chi connectivity index (χ2v) is 2.91. The van der Waals surface area contributed by atoms with Crippen LogP contribution in [0.1, 0.15) is 10.4 Å². The Morgan fingerprint density at radius 1 is 1.78 bits per heavy atom. The van der Waals surface area contributed by atoms with Crippen LogP contribution >= 0.6 is 11.3 Å². The van der Waals surface area contributed by atoms with E-state index in [4.69, 9.17) is 5.84 Å². The number of nitrogens with one attached hydrogen (secondary N) is 1. The van der Waals surface area contributed by atoms with E-state index in [0.29, 0.717) is 0 Å². The number of nitrogens with two attached hydrogens (primary N) is 1. The predicted molar refractivity (Wildman–Crippen MR) is 40.1 cm³/mol. The average Bonchev–Trinajstić information content (AvgIpc) is 2.18. The summed E-state index contributed by atoms with van der Waals surface area (Å²) in [5.74, 6) is 5.15. The third kappa shape index (κ3) is 1.51. The molecule has 1 rings (SSSR count). The molecule has 0 aromatic carbocycles. The van der Waals surface area contributed by atoms with Gasteiger partial charge in [-0.2, -0.15) is 0 Å². The molecule has 1 aromatic rings. The summed E-state index contributed by atoms with van der Waals surface area (Å²) >= 11 is 1.73. The minimum absolute atomic E-state index is 0.781. The first-order valence-corrected chi connectivity index (χ1v) is 3.69. The summed E-state index contributed by atoms with van der Waals surface area (Å²) in [6.45, 7) is 2.87. The van der Waals surface area contributed by atoms with Crippen molar-refractivity contribution < 1.29 is 0 Å². The number of aryl methyl sites for hydroxylation is 1. The molecule has 0 aliphatic heterocycles. The van der Waals surface area contributed by atoms with Crippen molar-refractivity contribution in [3.05, 3.63) is 21.9 Å². The maximum absolute atomic E-state index is 5.15. The molecule has 1 heterocycles. The topological polar surface area (TPSA) is 38.0 Å². The van der Waals surface area contributed by atoms with E-state index in [9.17, 15) is 0 Å². The Morgan fingerprint density at radius 3 is 3.00 bits per heavy atom. The van der Waals surface area contributed by atoms with E-state index >= 15 is 0 Å². The fourth-order valence-corrected chi connectivity index (χ4v) is 1.53. The Labute approximate surface area is 58.7 Å². The molecule has 0 fully saturated rings. The minimum atomic E-state index is 0.781. The first-order valence-electron chi connectivity index (χ1n) is 2.81. The van der Waals surface area contributed by atoms with Gasteiger partial charge in [-0.1, -0.05) is 0 Å². The molecule has 50 valence electrons. The van der Waals surface area contributed by atoms with E-state index in [0.717, 1.165) is 6.54 Å². The number of hydrogen-bond acceptors (Lipinski definition) is 3. The van der Waals surface area contributed by atoms with Gasteiger partial charge in [0.25, 0.3) is 0 Å². The van der Waals surface area contributed by atoms with Crippen molar-refractivity contribution in [2.45, 2.75) is 13.5 Å². The fourth-order valence-electron chi connectivity index (χ4n) is 0.678. The van der Waals surface area contributed by atoms with E-state index < -0.39 is 0 Å². The molecule has 0 spiro atoms. The molecular weight excluding hydrogens is 132 g/mol. The second-order valence-electron chi connectivity index (χ2n) is 1.91. The Bertz CT molecular complexity index is 183. The lowest BCUT2D eigenvalue weighted by molar-refractivity contribution is 0.748. The van der Waals surface area contributed by atoms with Crippen molar-refractivity contribution in [3.8, 4) is 0 Å². The number of thiophene rings is 1. The standard InChI is InChI=1S/C6H10N2S/c1-5-2-3-9-6(5)4-8-7/h2-3,8H,4,7H2,1H3. The Hall–Kier alpha value is -0.380. The number of hydrogen-bond donors (Lipinski definition) is 2. The van der Waals surface area contributed by atoms with Crippen molar-refractivity contribution in [3.63, 3.8) is 0 Å². The zero-order chi connectivity index (χ0) is 6.69. The highest BCUT2D eigenvalue weighted by Gasteiger charge is 1.95. The molecule has 0 aliphatic carbocycles. The largest absolute Gasteiger partial charge is 0.271 e. The maximum Gasteiger partial charge on any atom is 0.0445 e. The second kappa shape index (κ2) is 2.96. The molecule has 0 aliphatic rings. The first kappa shape index (κ1) is 6.74. The molecule has 9 heavy (non-hydrogen) atoms. The highest BCUT2D eigenvalue weighted by Crippen LogP contribution is 2.13. The summed E-state index contributed by atoms with van der Waals surface area (Å²) in [6.07, 6.45) is 0. The van der Waals surface area contributed by atoms with Gasteiger partial charge in [0.05, 0.1) is 0 Å². The average molecular weight is 142 g/mol. The maximum atomic E-state index is 5.15. The minimum Gasteiger partial charge on any atom is -0.271 e. The van der Waals surface area contributed by atoms with Gasteiger partial charge in [-0.15, -0.1) is 11.3 Å². The van der Waals surface area contributed by atoms with Gasteiger partial charge in [0.1, 0.15) is 0 Å². The first-order chi connectivity index (χ1) is 4.34. The molecule has 3 N–H and O–H groups in total. The van der Waals surface area contributed by atoms with Gasteiger partial charge in [0.2, 0.25) is 0 Å². The fraction of sp³-hybridized carbons (Fsp3) is 0.333. The van der Waals surface area contributed by atoms with Gasteiger partial charge >= 0.3 is 0 Å². The van der Waals surface area contributed by atoms with Crippen LogP contribution in [0.4, 0.5) is 0 Å².